The summed E-state index contributed by atoms with van der Waals surface area (Å²) < 4.78 is 32.0. The van der Waals surface area contributed by atoms with Crippen molar-refractivity contribution >= 4 is 0 Å². The smallest absolute Gasteiger partial charge is 0.126 e. The van der Waals surface area contributed by atoms with Gasteiger partial charge in [-0.15, -0.1) is 0 Å². The van der Waals surface area contributed by atoms with Gasteiger partial charge < -0.3 is 10.5 Å². The molecule has 0 aliphatic carbocycles. The lowest BCUT2D eigenvalue weighted by Gasteiger charge is -2.46. The van der Waals surface area contributed by atoms with Crippen LogP contribution in [0.4, 0.5) is 8.78 Å². The quantitative estimate of drug-likeness (QED) is 0.907. The van der Waals surface area contributed by atoms with Crippen LogP contribution in [0.1, 0.15) is 25.8 Å². The van der Waals surface area contributed by atoms with Gasteiger partial charge in [0, 0.05) is 30.7 Å². The molecule has 2 rings (SSSR count). The molecule has 5 heteroatoms. The van der Waals surface area contributed by atoms with Crippen molar-refractivity contribution in [2.45, 2.75) is 38.3 Å². The summed E-state index contributed by atoms with van der Waals surface area (Å²) in [5, 5.41) is 0. The largest absolute Gasteiger partial charge is 0.379 e. The van der Waals surface area contributed by atoms with Gasteiger partial charge in [-0.25, -0.2) is 8.78 Å². The van der Waals surface area contributed by atoms with Crippen LogP contribution in [0.5, 0.6) is 0 Å². The SMILES string of the molecule is CCC(C)(C(N)Cc1cc(F)cc(F)c1)N1CCOCC1. The summed E-state index contributed by atoms with van der Waals surface area (Å²) >= 11 is 0. The maximum absolute atomic E-state index is 13.3. The van der Waals surface area contributed by atoms with Crippen LogP contribution >= 0.6 is 0 Å². The predicted octanol–water partition coefficient (Wildman–Crippen LogP) is 2.34. The third kappa shape index (κ3) is 3.78. The molecule has 0 radical (unpaired) electrons. The van der Waals surface area contributed by atoms with E-state index in [-0.39, 0.29) is 11.6 Å². The topological polar surface area (TPSA) is 38.5 Å². The van der Waals surface area contributed by atoms with E-state index in [0.29, 0.717) is 25.2 Å². The molecule has 0 spiro atoms. The molecule has 1 heterocycles. The van der Waals surface area contributed by atoms with Gasteiger partial charge in [-0.1, -0.05) is 6.92 Å². The van der Waals surface area contributed by atoms with Crippen LogP contribution in [-0.2, 0) is 11.2 Å². The van der Waals surface area contributed by atoms with Crippen molar-refractivity contribution in [1.82, 2.24) is 4.90 Å². The van der Waals surface area contributed by atoms with E-state index in [0.717, 1.165) is 25.6 Å². The first kappa shape index (κ1) is 16.3. The zero-order chi connectivity index (χ0) is 15.5. The standard InChI is InChI=1S/C16H24F2N2O/c1-3-16(2,20-4-6-21-7-5-20)15(19)10-12-8-13(17)11-14(18)9-12/h8-9,11,15H,3-7,10,19H2,1-2H3. The molecule has 0 amide bonds. The fourth-order valence-electron chi connectivity index (χ4n) is 3.00. The van der Waals surface area contributed by atoms with E-state index < -0.39 is 11.6 Å². The van der Waals surface area contributed by atoms with Crippen LogP contribution in [-0.4, -0.2) is 42.8 Å². The van der Waals surface area contributed by atoms with E-state index in [4.69, 9.17) is 10.5 Å². The van der Waals surface area contributed by atoms with Crippen molar-refractivity contribution in [3.8, 4) is 0 Å². The van der Waals surface area contributed by atoms with Gasteiger partial charge in [0.05, 0.1) is 13.2 Å². The molecular weight excluding hydrogens is 274 g/mol. The molecule has 1 aromatic rings. The number of ether oxygens (including phenoxy) is 1. The first-order valence-electron chi connectivity index (χ1n) is 7.49. The molecule has 2 N–H and O–H groups in total. The van der Waals surface area contributed by atoms with E-state index in [1.165, 1.54) is 12.1 Å². The number of morpholine rings is 1. The summed E-state index contributed by atoms with van der Waals surface area (Å²) in [4.78, 5) is 2.33. The van der Waals surface area contributed by atoms with E-state index in [1.807, 2.05) is 0 Å². The predicted molar refractivity (Wildman–Crippen MR) is 79.1 cm³/mol. The summed E-state index contributed by atoms with van der Waals surface area (Å²) in [6.45, 7) is 7.32. The zero-order valence-electron chi connectivity index (χ0n) is 12.7. The Morgan fingerprint density at radius 3 is 2.33 bits per heavy atom. The van der Waals surface area contributed by atoms with E-state index in [2.05, 4.69) is 18.7 Å². The molecule has 2 unspecified atom stereocenters. The highest BCUT2D eigenvalue weighted by Crippen LogP contribution is 2.26. The number of hydrogen-bond acceptors (Lipinski definition) is 3. The Balaban J connectivity index is 2.13. The average molecular weight is 298 g/mol. The second kappa shape index (κ2) is 6.81. The van der Waals surface area contributed by atoms with Crippen molar-refractivity contribution in [3.63, 3.8) is 0 Å². The molecular formula is C16H24F2N2O. The number of nitrogens with zero attached hydrogens (tertiary/aromatic N) is 1. The number of nitrogens with two attached hydrogens (primary N) is 1. The fraction of sp³-hybridized carbons (Fsp3) is 0.625. The number of hydrogen-bond donors (Lipinski definition) is 1. The molecule has 1 fully saturated rings. The van der Waals surface area contributed by atoms with Crippen LogP contribution in [0.2, 0.25) is 0 Å². The van der Waals surface area contributed by atoms with E-state index in [9.17, 15) is 8.78 Å². The van der Waals surface area contributed by atoms with Crippen LogP contribution in [0.15, 0.2) is 18.2 Å². The maximum Gasteiger partial charge on any atom is 0.126 e. The number of benzene rings is 1. The molecule has 1 aliphatic rings. The molecule has 118 valence electrons. The van der Waals surface area contributed by atoms with Crippen molar-refractivity contribution in [2.75, 3.05) is 26.3 Å². The summed E-state index contributed by atoms with van der Waals surface area (Å²) in [6, 6.07) is 3.41. The number of halogens is 2. The second-order valence-corrected chi connectivity index (χ2v) is 5.90. The highest BCUT2D eigenvalue weighted by atomic mass is 19.1. The summed E-state index contributed by atoms with van der Waals surface area (Å²) in [6.07, 6.45) is 1.34. The fourth-order valence-corrected chi connectivity index (χ4v) is 3.00. The third-order valence-electron chi connectivity index (χ3n) is 4.63. The first-order chi connectivity index (χ1) is 9.95. The molecule has 21 heavy (non-hydrogen) atoms. The van der Waals surface area contributed by atoms with Crippen LogP contribution in [0.3, 0.4) is 0 Å². The van der Waals surface area contributed by atoms with Crippen LogP contribution in [0.25, 0.3) is 0 Å². The van der Waals surface area contributed by atoms with Gasteiger partial charge >= 0.3 is 0 Å². The molecule has 2 atom stereocenters. The van der Waals surface area contributed by atoms with Gasteiger partial charge in [-0.2, -0.15) is 0 Å². The van der Waals surface area contributed by atoms with Gasteiger partial charge in [0.15, 0.2) is 0 Å². The van der Waals surface area contributed by atoms with Crippen LogP contribution < -0.4 is 5.73 Å². The van der Waals surface area contributed by atoms with Gasteiger partial charge in [-0.3, -0.25) is 4.90 Å². The normalized spacial score (nSPS) is 21.0. The maximum atomic E-state index is 13.3. The van der Waals surface area contributed by atoms with Gasteiger partial charge in [-0.05, 0) is 37.5 Å². The monoisotopic (exact) mass is 298 g/mol. The Morgan fingerprint density at radius 1 is 1.24 bits per heavy atom. The molecule has 1 aliphatic heterocycles. The molecule has 1 aromatic carbocycles. The minimum atomic E-state index is -0.554. The summed E-state index contributed by atoms with van der Waals surface area (Å²) in [7, 11) is 0. The van der Waals surface area contributed by atoms with Crippen molar-refractivity contribution in [3.05, 3.63) is 35.4 Å². The minimum absolute atomic E-state index is 0.193. The Bertz CT molecular complexity index is 457. The highest BCUT2D eigenvalue weighted by Gasteiger charge is 2.36. The minimum Gasteiger partial charge on any atom is -0.379 e. The Kier molecular flexibility index (Phi) is 5.30. The average Bonchev–Trinajstić information content (AvgIpc) is 2.46. The molecule has 3 nitrogen and oxygen atoms in total. The van der Waals surface area contributed by atoms with Crippen molar-refractivity contribution in [2.24, 2.45) is 5.73 Å². The Morgan fingerprint density at radius 2 is 1.81 bits per heavy atom. The van der Waals surface area contributed by atoms with Gasteiger partial charge in [0.2, 0.25) is 0 Å². The Labute approximate surface area is 125 Å². The number of rotatable bonds is 5. The summed E-state index contributed by atoms with van der Waals surface area (Å²) in [5.41, 5.74) is 6.80. The highest BCUT2D eigenvalue weighted by molar-refractivity contribution is 5.20. The van der Waals surface area contributed by atoms with Crippen molar-refractivity contribution in [1.29, 1.82) is 0 Å². The molecule has 0 bridgehead atoms. The van der Waals surface area contributed by atoms with E-state index >= 15 is 0 Å². The third-order valence-corrected chi connectivity index (χ3v) is 4.63. The lowest BCUT2D eigenvalue weighted by atomic mass is 9.84. The lowest BCUT2D eigenvalue weighted by molar-refractivity contribution is -0.0272. The summed E-state index contributed by atoms with van der Waals surface area (Å²) in [5.74, 6) is -1.11. The van der Waals surface area contributed by atoms with Crippen molar-refractivity contribution < 1.29 is 13.5 Å². The van der Waals surface area contributed by atoms with Gasteiger partial charge in [0.1, 0.15) is 11.6 Å². The van der Waals surface area contributed by atoms with Gasteiger partial charge in [0.25, 0.3) is 0 Å². The zero-order valence-corrected chi connectivity index (χ0v) is 12.7. The van der Waals surface area contributed by atoms with Crippen LogP contribution in [0, 0.1) is 11.6 Å². The molecule has 0 aromatic heterocycles. The first-order valence-corrected chi connectivity index (χ1v) is 7.49. The lowest BCUT2D eigenvalue weighted by Crippen LogP contribution is -2.61. The molecule has 1 saturated heterocycles. The Hall–Kier alpha value is -1.04. The molecule has 0 saturated carbocycles. The second-order valence-electron chi connectivity index (χ2n) is 5.90. The van der Waals surface area contributed by atoms with E-state index in [1.54, 1.807) is 0 Å².